The van der Waals surface area contributed by atoms with Gasteiger partial charge in [0, 0.05) is 31.2 Å². The van der Waals surface area contributed by atoms with Crippen molar-refractivity contribution in [1.82, 2.24) is 10.2 Å². The van der Waals surface area contributed by atoms with E-state index in [0.717, 1.165) is 30.8 Å². The molecule has 1 aliphatic heterocycles. The number of urea groups is 1. The lowest BCUT2D eigenvalue weighted by Crippen LogP contribution is -2.37. The Morgan fingerprint density at radius 2 is 1.87 bits per heavy atom. The molecular formula is C25H31N3O3. The van der Waals surface area contributed by atoms with E-state index in [1.54, 1.807) is 7.11 Å². The van der Waals surface area contributed by atoms with Gasteiger partial charge in [0.05, 0.1) is 7.11 Å². The first-order chi connectivity index (χ1) is 15.0. The monoisotopic (exact) mass is 421 g/mol. The second kappa shape index (κ2) is 9.41. The lowest BCUT2D eigenvalue weighted by atomic mass is 9.88. The second-order valence-electron chi connectivity index (χ2n) is 8.70. The zero-order valence-corrected chi connectivity index (χ0v) is 18.2. The lowest BCUT2D eigenvalue weighted by Gasteiger charge is -2.24. The highest BCUT2D eigenvalue weighted by Gasteiger charge is 2.50. The molecule has 2 N–H and O–H groups in total. The summed E-state index contributed by atoms with van der Waals surface area (Å²) in [4.78, 5) is 27.1. The van der Waals surface area contributed by atoms with Crippen molar-refractivity contribution in [2.45, 2.75) is 32.2 Å². The van der Waals surface area contributed by atoms with Crippen LogP contribution >= 0.6 is 0 Å². The summed E-state index contributed by atoms with van der Waals surface area (Å²) in [6.45, 7) is 3.58. The van der Waals surface area contributed by atoms with Crippen molar-refractivity contribution in [3.05, 3.63) is 60.2 Å². The van der Waals surface area contributed by atoms with Crippen LogP contribution in [0.25, 0.3) is 0 Å². The Morgan fingerprint density at radius 3 is 2.58 bits per heavy atom. The van der Waals surface area contributed by atoms with Crippen LogP contribution in [0.4, 0.5) is 10.5 Å². The number of para-hydroxylation sites is 1. The minimum atomic E-state index is -0.192. The molecule has 0 aromatic heterocycles. The highest BCUT2D eigenvalue weighted by atomic mass is 16.5. The van der Waals surface area contributed by atoms with Crippen molar-refractivity contribution in [2.75, 3.05) is 25.5 Å². The number of likely N-dealkylation sites (tertiary alicyclic amines) is 1. The molecular weight excluding hydrogens is 390 g/mol. The molecule has 1 heterocycles. The number of ether oxygens (including phenoxy) is 1. The van der Waals surface area contributed by atoms with E-state index >= 15 is 0 Å². The number of amides is 3. The van der Waals surface area contributed by atoms with Crippen molar-refractivity contribution in [3.63, 3.8) is 0 Å². The molecule has 2 fully saturated rings. The van der Waals surface area contributed by atoms with E-state index in [2.05, 4.69) is 34.6 Å². The molecule has 6 heteroatoms. The Kier molecular flexibility index (Phi) is 6.44. The maximum absolute atomic E-state index is 12.7. The largest absolute Gasteiger partial charge is 0.497 e. The van der Waals surface area contributed by atoms with Crippen LogP contribution in [0.15, 0.2) is 54.6 Å². The number of rotatable bonds is 7. The highest BCUT2D eigenvalue weighted by Crippen LogP contribution is 2.45. The summed E-state index contributed by atoms with van der Waals surface area (Å²) in [5.41, 5.74) is 1.98. The van der Waals surface area contributed by atoms with Crippen LogP contribution in [-0.2, 0) is 11.2 Å². The summed E-state index contributed by atoms with van der Waals surface area (Å²) in [5.74, 6) is 2.20. The SMILES string of the molecule is COc1ccc(CCN2C(=O)C[C@H]3[C@H](CNC(=O)Nc4ccccc4)[C@@H](C)C[C@H]32)cc1. The Labute approximate surface area is 184 Å². The van der Waals surface area contributed by atoms with Crippen molar-refractivity contribution in [2.24, 2.45) is 17.8 Å². The van der Waals surface area contributed by atoms with Crippen molar-refractivity contribution in [1.29, 1.82) is 0 Å². The molecule has 3 amide bonds. The fraction of sp³-hybridized carbons (Fsp3) is 0.440. The minimum Gasteiger partial charge on any atom is -0.497 e. The molecule has 1 aliphatic carbocycles. The van der Waals surface area contributed by atoms with E-state index in [1.807, 2.05) is 42.5 Å². The van der Waals surface area contributed by atoms with E-state index in [1.165, 1.54) is 5.56 Å². The summed E-state index contributed by atoms with van der Waals surface area (Å²) < 4.78 is 5.22. The molecule has 2 aliphatic rings. The van der Waals surface area contributed by atoms with Crippen LogP contribution in [0.5, 0.6) is 5.75 Å². The predicted octanol–water partition coefficient (Wildman–Crippen LogP) is 3.93. The molecule has 0 spiro atoms. The van der Waals surface area contributed by atoms with Crippen LogP contribution in [0, 0.1) is 17.8 Å². The van der Waals surface area contributed by atoms with Crippen LogP contribution in [-0.4, -0.2) is 43.1 Å². The van der Waals surface area contributed by atoms with Crippen molar-refractivity contribution < 1.29 is 14.3 Å². The van der Waals surface area contributed by atoms with E-state index in [-0.39, 0.29) is 18.0 Å². The fourth-order valence-electron chi connectivity index (χ4n) is 5.18. The standard InChI is InChI=1S/C25H31N3O3/c1-17-14-23-21(22(17)16-26-25(30)27-19-6-4-3-5-7-19)15-24(29)28(23)13-12-18-8-10-20(31-2)11-9-18/h3-11,17,21-23H,12-16H2,1-2H3,(H2,26,27,30)/t17-,21-,22+,23+/m0/s1. The van der Waals surface area contributed by atoms with Gasteiger partial charge in [-0.15, -0.1) is 0 Å². The second-order valence-corrected chi connectivity index (χ2v) is 8.70. The molecule has 164 valence electrons. The summed E-state index contributed by atoms with van der Waals surface area (Å²) >= 11 is 0. The van der Waals surface area contributed by atoms with Gasteiger partial charge >= 0.3 is 6.03 Å². The van der Waals surface area contributed by atoms with E-state index in [0.29, 0.717) is 30.7 Å². The topological polar surface area (TPSA) is 70.7 Å². The third-order valence-corrected chi connectivity index (χ3v) is 6.85. The van der Waals surface area contributed by atoms with Crippen LogP contribution in [0.2, 0.25) is 0 Å². The quantitative estimate of drug-likeness (QED) is 0.712. The molecule has 4 atom stereocenters. The Bertz CT molecular complexity index is 900. The first kappa shape index (κ1) is 21.2. The fourth-order valence-corrected chi connectivity index (χ4v) is 5.18. The summed E-state index contributed by atoms with van der Waals surface area (Å²) in [6, 6.07) is 17.6. The van der Waals surface area contributed by atoms with Gasteiger partial charge in [0.15, 0.2) is 0 Å². The van der Waals surface area contributed by atoms with Crippen LogP contribution in [0.3, 0.4) is 0 Å². The van der Waals surface area contributed by atoms with Crippen LogP contribution in [0.1, 0.15) is 25.3 Å². The molecule has 31 heavy (non-hydrogen) atoms. The average molecular weight is 422 g/mol. The van der Waals surface area contributed by atoms with E-state index < -0.39 is 0 Å². The first-order valence-electron chi connectivity index (χ1n) is 11.1. The van der Waals surface area contributed by atoms with Gasteiger partial charge in [-0.05, 0) is 60.4 Å². The molecule has 2 aromatic carbocycles. The summed E-state index contributed by atoms with van der Waals surface area (Å²) in [6.07, 6.45) is 2.44. The molecule has 0 bridgehead atoms. The van der Waals surface area contributed by atoms with Gasteiger partial charge in [-0.1, -0.05) is 37.3 Å². The Morgan fingerprint density at radius 1 is 1.13 bits per heavy atom. The number of hydrogen-bond donors (Lipinski definition) is 2. The van der Waals surface area contributed by atoms with E-state index in [4.69, 9.17) is 4.74 Å². The molecule has 1 saturated heterocycles. The molecule has 4 rings (SSSR count). The number of benzene rings is 2. The molecule has 0 unspecified atom stereocenters. The van der Waals surface area contributed by atoms with Crippen molar-refractivity contribution >= 4 is 17.6 Å². The first-order valence-corrected chi connectivity index (χ1v) is 11.1. The maximum Gasteiger partial charge on any atom is 0.319 e. The lowest BCUT2D eigenvalue weighted by molar-refractivity contribution is -0.129. The molecule has 1 saturated carbocycles. The zero-order chi connectivity index (χ0) is 21.8. The van der Waals surface area contributed by atoms with Gasteiger partial charge in [0.1, 0.15) is 5.75 Å². The normalized spacial score (nSPS) is 24.7. The van der Waals surface area contributed by atoms with Gasteiger partial charge in [0.25, 0.3) is 0 Å². The third kappa shape index (κ3) is 4.84. The maximum atomic E-state index is 12.7. The summed E-state index contributed by atoms with van der Waals surface area (Å²) in [5, 5.41) is 5.89. The highest BCUT2D eigenvalue weighted by molar-refractivity contribution is 5.89. The number of hydrogen-bond acceptors (Lipinski definition) is 3. The van der Waals surface area contributed by atoms with Gasteiger partial charge in [-0.3, -0.25) is 4.79 Å². The van der Waals surface area contributed by atoms with Crippen LogP contribution < -0.4 is 15.4 Å². The Balaban J connectivity index is 1.31. The van der Waals surface area contributed by atoms with Gasteiger partial charge in [-0.2, -0.15) is 0 Å². The number of fused-ring (bicyclic) bond motifs is 1. The zero-order valence-electron chi connectivity index (χ0n) is 18.2. The number of methoxy groups -OCH3 is 1. The minimum absolute atomic E-state index is 0.192. The summed E-state index contributed by atoms with van der Waals surface area (Å²) in [7, 11) is 1.66. The number of carbonyl (C=O) groups excluding carboxylic acids is 2. The molecule has 0 radical (unpaired) electrons. The number of anilines is 1. The predicted molar refractivity (Wildman–Crippen MR) is 121 cm³/mol. The molecule has 6 nitrogen and oxygen atoms in total. The van der Waals surface area contributed by atoms with Gasteiger partial charge in [0.2, 0.25) is 5.91 Å². The Hall–Kier alpha value is -3.02. The smallest absolute Gasteiger partial charge is 0.319 e. The molecule has 2 aromatic rings. The van der Waals surface area contributed by atoms with Gasteiger partial charge in [-0.25, -0.2) is 4.79 Å². The number of nitrogens with zero attached hydrogens (tertiary/aromatic N) is 1. The number of nitrogens with one attached hydrogen (secondary N) is 2. The third-order valence-electron chi connectivity index (χ3n) is 6.85. The number of carbonyl (C=O) groups is 2. The van der Waals surface area contributed by atoms with Gasteiger partial charge < -0.3 is 20.3 Å². The van der Waals surface area contributed by atoms with Crippen molar-refractivity contribution in [3.8, 4) is 5.75 Å². The average Bonchev–Trinajstić information content (AvgIpc) is 3.24. The van der Waals surface area contributed by atoms with E-state index in [9.17, 15) is 9.59 Å².